The predicted molar refractivity (Wildman–Crippen MR) is 109 cm³/mol. The first kappa shape index (κ1) is 19.6. The van der Waals surface area contributed by atoms with Crippen molar-refractivity contribution in [1.82, 2.24) is 5.32 Å². The SMILES string of the molecule is COCCCNC(=O)c1c(NCC(=O)c2ccccc2)sc2c1CCCC2. The Morgan fingerprint density at radius 2 is 1.93 bits per heavy atom. The minimum absolute atomic E-state index is 0.0217. The van der Waals surface area contributed by atoms with Gasteiger partial charge in [0, 0.05) is 30.7 Å². The molecular formula is C21H26N2O3S. The van der Waals surface area contributed by atoms with Gasteiger partial charge in [-0.05, 0) is 37.7 Å². The number of hydrogen-bond acceptors (Lipinski definition) is 5. The van der Waals surface area contributed by atoms with Crippen molar-refractivity contribution < 1.29 is 14.3 Å². The van der Waals surface area contributed by atoms with Gasteiger partial charge in [-0.1, -0.05) is 30.3 Å². The molecule has 0 saturated carbocycles. The van der Waals surface area contributed by atoms with Crippen molar-refractivity contribution in [2.45, 2.75) is 32.1 Å². The van der Waals surface area contributed by atoms with Gasteiger partial charge in [-0.25, -0.2) is 0 Å². The van der Waals surface area contributed by atoms with Crippen molar-refractivity contribution in [3.8, 4) is 0 Å². The zero-order valence-electron chi connectivity index (χ0n) is 15.7. The highest BCUT2D eigenvalue weighted by atomic mass is 32.1. The predicted octanol–water partition coefficient (Wildman–Crippen LogP) is 3.69. The van der Waals surface area contributed by atoms with E-state index < -0.39 is 0 Å². The highest BCUT2D eigenvalue weighted by Gasteiger charge is 2.25. The Kier molecular flexibility index (Phi) is 7.01. The lowest BCUT2D eigenvalue weighted by Gasteiger charge is -2.13. The molecule has 1 aromatic carbocycles. The second kappa shape index (κ2) is 9.67. The molecule has 1 heterocycles. The summed E-state index contributed by atoms with van der Waals surface area (Å²) < 4.78 is 5.04. The van der Waals surface area contributed by atoms with Crippen molar-refractivity contribution in [1.29, 1.82) is 0 Å². The molecule has 5 nitrogen and oxygen atoms in total. The zero-order chi connectivity index (χ0) is 19.1. The maximum Gasteiger partial charge on any atom is 0.254 e. The van der Waals surface area contributed by atoms with E-state index in [4.69, 9.17) is 4.74 Å². The van der Waals surface area contributed by atoms with E-state index >= 15 is 0 Å². The molecule has 2 N–H and O–H groups in total. The third kappa shape index (κ3) is 4.96. The normalized spacial score (nSPS) is 13.1. The van der Waals surface area contributed by atoms with Crippen LogP contribution in [0.15, 0.2) is 30.3 Å². The number of rotatable bonds is 9. The van der Waals surface area contributed by atoms with Gasteiger partial charge in [-0.2, -0.15) is 0 Å². The van der Waals surface area contributed by atoms with Gasteiger partial charge in [-0.3, -0.25) is 9.59 Å². The molecule has 0 saturated heterocycles. The lowest BCUT2D eigenvalue weighted by molar-refractivity contribution is 0.0946. The van der Waals surface area contributed by atoms with Crippen LogP contribution in [0.4, 0.5) is 5.00 Å². The standard InChI is InChI=1S/C21H26N2O3S/c1-26-13-7-12-22-20(25)19-16-10-5-6-11-18(16)27-21(19)23-14-17(24)15-8-3-2-4-9-15/h2-4,8-9,23H,5-7,10-14H2,1H3,(H,22,25). The van der Waals surface area contributed by atoms with E-state index in [-0.39, 0.29) is 18.2 Å². The summed E-state index contributed by atoms with van der Waals surface area (Å²) in [4.78, 5) is 26.5. The molecule has 27 heavy (non-hydrogen) atoms. The fourth-order valence-corrected chi connectivity index (χ4v) is 4.61. The van der Waals surface area contributed by atoms with E-state index in [9.17, 15) is 9.59 Å². The molecule has 0 spiro atoms. The molecule has 1 amide bonds. The average molecular weight is 387 g/mol. The molecule has 0 atom stereocenters. The third-order valence-electron chi connectivity index (χ3n) is 4.71. The van der Waals surface area contributed by atoms with Crippen molar-refractivity contribution >= 4 is 28.0 Å². The summed E-state index contributed by atoms with van der Waals surface area (Å²) in [5, 5.41) is 7.04. The van der Waals surface area contributed by atoms with E-state index in [1.54, 1.807) is 18.4 Å². The number of carbonyl (C=O) groups is 2. The van der Waals surface area contributed by atoms with Crippen LogP contribution in [0.5, 0.6) is 0 Å². The molecular weight excluding hydrogens is 360 g/mol. The van der Waals surface area contributed by atoms with Gasteiger partial charge < -0.3 is 15.4 Å². The molecule has 0 aliphatic heterocycles. The summed E-state index contributed by atoms with van der Waals surface area (Å²) in [5.41, 5.74) is 2.56. The smallest absolute Gasteiger partial charge is 0.254 e. The van der Waals surface area contributed by atoms with Crippen LogP contribution < -0.4 is 10.6 Å². The van der Waals surface area contributed by atoms with E-state index in [1.807, 2.05) is 30.3 Å². The fraction of sp³-hybridized carbons (Fsp3) is 0.429. The summed E-state index contributed by atoms with van der Waals surface area (Å²) in [6, 6.07) is 9.23. The van der Waals surface area contributed by atoms with Gasteiger partial charge in [0.1, 0.15) is 5.00 Å². The molecule has 0 bridgehead atoms. The minimum Gasteiger partial charge on any atom is -0.385 e. The topological polar surface area (TPSA) is 67.4 Å². The third-order valence-corrected chi connectivity index (χ3v) is 5.96. The number of methoxy groups -OCH3 is 1. The number of ketones is 1. The number of nitrogens with one attached hydrogen (secondary N) is 2. The molecule has 0 fully saturated rings. The number of benzene rings is 1. The quantitative estimate of drug-likeness (QED) is 0.509. The van der Waals surface area contributed by atoms with Gasteiger partial charge in [0.05, 0.1) is 12.1 Å². The van der Waals surface area contributed by atoms with Crippen LogP contribution in [0.3, 0.4) is 0 Å². The van der Waals surface area contributed by atoms with E-state index in [0.717, 1.165) is 48.2 Å². The molecule has 0 radical (unpaired) electrons. The first-order valence-corrected chi connectivity index (χ1v) is 10.3. The largest absolute Gasteiger partial charge is 0.385 e. The minimum atomic E-state index is -0.0554. The Morgan fingerprint density at radius 3 is 2.70 bits per heavy atom. The Labute approximate surface area is 164 Å². The maximum atomic E-state index is 12.8. The maximum absolute atomic E-state index is 12.8. The second-order valence-electron chi connectivity index (χ2n) is 6.66. The van der Waals surface area contributed by atoms with Crippen molar-refractivity contribution in [3.63, 3.8) is 0 Å². The number of thiophene rings is 1. The Morgan fingerprint density at radius 1 is 1.15 bits per heavy atom. The number of anilines is 1. The second-order valence-corrected chi connectivity index (χ2v) is 7.77. The van der Waals surface area contributed by atoms with Crippen LogP contribution >= 0.6 is 11.3 Å². The highest BCUT2D eigenvalue weighted by Crippen LogP contribution is 2.38. The van der Waals surface area contributed by atoms with Crippen LogP contribution in [-0.4, -0.2) is 38.5 Å². The van der Waals surface area contributed by atoms with E-state index in [1.165, 1.54) is 4.88 Å². The van der Waals surface area contributed by atoms with Gasteiger partial charge in [-0.15, -0.1) is 11.3 Å². The fourth-order valence-electron chi connectivity index (χ4n) is 3.32. The lowest BCUT2D eigenvalue weighted by atomic mass is 9.95. The Bertz CT molecular complexity index is 786. The zero-order valence-corrected chi connectivity index (χ0v) is 16.5. The van der Waals surface area contributed by atoms with E-state index in [2.05, 4.69) is 10.6 Å². The van der Waals surface area contributed by atoms with Gasteiger partial charge in [0.2, 0.25) is 0 Å². The molecule has 2 aromatic rings. The number of ether oxygens (including phenoxy) is 1. The Balaban J connectivity index is 1.72. The van der Waals surface area contributed by atoms with E-state index in [0.29, 0.717) is 18.7 Å². The molecule has 144 valence electrons. The van der Waals surface area contributed by atoms with Crippen molar-refractivity contribution in [2.75, 3.05) is 32.1 Å². The van der Waals surface area contributed by atoms with Gasteiger partial charge in [0.15, 0.2) is 5.78 Å². The average Bonchev–Trinajstić information content (AvgIpc) is 3.08. The number of hydrogen-bond donors (Lipinski definition) is 2. The molecule has 1 aliphatic rings. The number of fused-ring (bicyclic) bond motifs is 1. The number of carbonyl (C=O) groups excluding carboxylic acids is 2. The monoisotopic (exact) mass is 386 g/mol. The summed E-state index contributed by atoms with van der Waals surface area (Å²) >= 11 is 1.62. The van der Waals surface area contributed by atoms with Gasteiger partial charge in [0.25, 0.3) is 5.91 Å². The molecule has 6 heteroatoms. The first-order chi connectivity index (χ1) is 13.2. The molecule has 1 aliphatic carbocycles. The van der Waals surface area contributed by atoms with Gasteiger partial charge >= 0.3 is 0 Å². The first-order valence-electron chi connectivity index (χ1n) is 9.44. The number of amides is 1. The van der Waals surface area contributed by atoms with Crippen molar-refractivity contribution in [3.05, 3.63) is 51.9 Å². The van der Waals surface area contributed by atoms with Crippen LogP contribution in [0.2, 0.25) is 0 Å². The Hall–Kier alpha value is -2.18. The van der Waals surface area contributed by atoms with Crippen LogP contribution in [0.1, 0.15) is 50.4 Å². The summed E-state index contributed by atoms with van der Waals surface area (Å²) in [6.07, 6.45) is 4.99. The van der Waals surface area contributed by atoms with Crippen molar-refractivity contribution in [2.24, 2.45) is 0 Å². The summed E-state index contributed by atoms with van der Waals surface area (Å²) in [7, 11) is 1.66. The highest BCUT2D eigenvalue weighted by molar-refractivity contribution is 7.16. The van der Waals surface area contributed by atoms with Crippen LogP contribution in [0.25, 0.3) is 0 Å². The summed E-state index contributed by atoms with van der Waals surface area (Å²) in [5.74, 6) is -0.0337. The van der Waals surface area contributed by atoms with Crippen LogP contribution in [0, 0.1) is 0 Å². The number of Topliss-reactive ketones (excluding diaryl/α,β-unsaturated/α-hetero) is 1. The molecule has 1 aromatic heterocycles. The van der Waals surface area contributed by atoms with Crippen LogP contribution in [-0.2, 0) is 17.6 Å². The summed E-state index contributed by atoms with van der Waals surface area (Å²) in [6.45, 7) is 1.39. The lowest BCUT2D eigenvalue weighted by Crippen LogP contribution is -2.27. The number of aryl methyl sites for hydroxylation is 1. The molecule has 0 unspecified atom stereocenters. The molecule has 3 rings (SSSR count).